The Morgan fingerprint density at radius 3 is 2.10 bits per heavy atom. The molecule has 2 nitrogen and oxygen atoms in total. The van der Waals surface area contributed by atoms with Crippen LogP contribution < -0.4 is 5.32 Å². The Morgan fingerprint density at radius 1 is 0.900 bits per heavy atom. The highest BCUT2D eigenvalue weighted by molar-refractivity contribution is 5.35. The zero-order chi connectivity index (χ0) is 14.7. The van der Waals surface area contributed by atoms with Crippen molar-refractivity contribution in [3.05, 3.63) is 65.2 Å². The summed E-state index contributed by atoms with van der Waals surface area (Å²) in [5.74, 6) is -0.813. The van der Waals surface area contributed by atoms with Crippen LogP contribution in [-0.4, -0.2) is 5.11 Å². The van der Waals surface area contributed by atoms with E-state index in [0.29, 0.717) is 5.56 Å². The Balaban J connectivity index is 2.10. The molecular formula is C16H17F2NO. The maximum atomic E-state index is 13.0. The van der Waals surface area contributed by atoms with Gasteiger partial charge >= 0.3 is 0 Å². The van der Waals surface area contributed by atoms with Crippen molar-refractivity contribution in [1.29, 1.82) is 0 Å². The van der Waals surface area contributed by atoms with E-state index in [-0.39, 0.29) is 23.7 Å². The lowest BCUT2D eigenvalue weighted by molar-refractivity contribution is 0.434. The minimum atomic E-state index is -0.468. The number of hydrogen-bond donors (Lipinski definition) is 2. The molecule has 0 spiro atoms. The van der Waals surface area contributed by atoms with Gasteiger partial charge in [0.1, 0.15) is 17.4 Å². The molecule has 2 unspecified atom stereocenters. The van der Waals surface area contributed by atoms with Gasteiger partial charge in [0.05, 0.1) is 0 Å². The highest BCUT2D eigenvalue weighted by Crippen LogP contribution is 2.27. The molecular weight excluding hydrogens is 260 g/mol. The third kappa shape index (κ3) is 3.33. The van der Waals surface area contributed by atoms with E-state index in [4.69, 9.17) is 0 Å². The van der Waals surface area contributed by atoms with Crippen LogP contribution in [0.1, 0.15) is 37.1 Å². The van der Waals surface area contributed by atoms with Crippen LogP contribution in [0.4, 0.5) is 8.78 Å². The zero-order valence-corrected chi connectivity index (χ0v) is 11.4. The molecule has 0 amide bonds. The zero-order valence-electron chi connectivity index (χ0n) is 11.4. The van der Waals surface area contributed by atoms with E-state index < -0.39 is 5.82 Å². The van der Waals surface area contributed by atoms with Crippen molar-refractivity contribution in [1.82, 2.24) is 5.32 Å². The number of phenols is 1. The summed E-state index contributed by atoms with van der Waals surface area (Å²) in [5.41, 5.74) is 1.57. The van der Waals surface area contributed by atoms with Gasteiger partial charge in [-0.1, -0.05) is 18.2 Å². The Kier molecular flexibility index (Phi) is 4.35. The predicted molar refractivity (Wildman–Crippen MR) is 74.4 cm³/mol. The molecule has 0 saturated carbocycles. The summed E-state index contributed by atoms with van der Waals surface area (Å²) in [6.45, 7) is 3.83. The maximum absolute atomic E-state index is 13.0. The fraction of sp³-hybridized carbons (Fsp3) is 0.250. The van der Waals surface area contributed by atoms with Crippen LogP contribution in [0.3, 0.4) is 0 Å². The van der Waals surface area contributed by atoms with Gasteiger partial charge in [0, 0.05) is 23.7 Å². The summed E-state index contributed by atoms with van der Waals surface area (Å²) in [7, 11) is 0. The van der Waals surface area contributed by atoms with E-state index in [1.54, 1.807) is 18.2 Å². The van der Waals surface area contributed by atoms with Gasteiger partial charge in [-0.3, -0.25) is 0 Å². The number of benzene rings is 2. The number of aromatic hydroxyl groups is 1. The first-order valence-electron chi connectivity index (χ1n) is 6.47. The van der Waals surface area contributed by atoms with Gasteiger partial charge in [-0.25, -0.2) is 8.78 Å². The number of hydrogen-bond acceptors (Lipinski definition) is 2. The van der Waals surface area contributed by atoms with Gasteiger partial charge < -0.3 is 10.4 Å². The normalized spacial score (nSPS) is 14.0. The van der Waals surface area contributed by atoms with E-state index in [9.17, 15) is 13.9 Å². The van der Waals surface area contributed by atoms with Crippen LogP contribution in [0.2, 0.25) is 0 Å². The third-order valence-electron chi connectivity index (χ3n) is 3.33. The molecule has 2 aromatic carbocycles. The molecule has 2 aromatic rings. The summed E-state index contributed by atoms with van der Waals surface area (Å²) in [6, 6.07) is 10.0. The number of rotatable bonds is 4. The minimum Gasteiger partial charge on any atom is -0.508 e. The maximum Gasteiger partial charge on any atom is 0.126 e. The van der Waals surface area contributed by atoms with Gasteiger partial charge in [-0.05, 0) is 37.6 Å². The van der Waals surface area contributed by atoms with Crippen LogP contribution >= 0.6 is 0 Å². The second-order valence-corrected chi connectivity index (χ2v) is 4.86. The second-order valence-electron chi connectivity index (χ2n) is 4.86. The van der Waals surface area contributed by atoms with Crippen molar-refractivity contribution in [3.63, 3.8) is 0 Å². The smallest absolute Gasteiger partial charge is 0.126 e. The first-order valence-corrected chi connectivity index (χ1v) is 6.47. The van der Waals surface area contributed by atoms with E-state index >= 15 is 0 Å². The lowest BCUT2D eigenvalue weighted by Gasteiger charge is -2.21. The van der Waals surface area contributed by atoms with Crippen molar-refractivity contribution in [3.8, 4) is 5.75 Å². The number of nitrogens with one attached hydrogen (secondary N) is 1. The monoisotopic (exact) mass is 277 g/mol. The first-order chi connectivity index (χ1) is 9.47. The molecule has 0 aliphatic rings. The van der Waals surface area contributed by atoms with Crippen LogP contribution in [-0.2, 0) is 0 Å². The molecule has 2 N–H and O–H groups in total. The summed E-state index contributed by atoms with van der Waals surface area (Å²) in [6.07, 6.45) is 0. The predicted octanol–water partition coefficient (Wildman–Crippen LogP) is 4.08. The lowest BCUT2D eigenvalue weighted by Crippen LogP contribution is -2.22. The summed E-state index contributed by atoms with van der Waals surface area (Å²) in [5, 5.41) is 13.0. The molecule has 106 valence electrons. The third-order valence-corrected chi connectivity index (χ3v) is 3.33. The first kappa shape index (κ1) is 14.5. The molecule has 0 heterocycles. The quantitative estimate of drug-likeness (QED) is 0.882. The minimum absolute atomic E-state index is 0.0185. The molecule has 4 heteroatoms. The molecule has 20 heavy (non-hydrogen) atoms. The van der Waals surface area contributed by atoms with Gasteiger partial charge in [-0.15, -0.1) is 0 Å². The van der Waals surface area contributed by atoms with Crippen LogP contribution in [0.5, 0.6) is 5.75 Å². The van der Waals surface area contributed by atoms with E-state index in [0.717, 1.165) is 11.6 Å². The van der Waals surface area contributed by atoms with Gasteiger partial charge in [0.15, 0.2) is 0 Å². The van der Waals surface area contributed by atoms with Gasteiger partial charge in [0.25, 0.3) is 0 Å². The Hall–Kier alpha value is -1.94. The van der Waals surface area contributed by atoms with E-state index in [1.165, 1.54) is 18.2 Å². The SMILES string of the molecule is CC(NC(C)c1ccc(F)cc1O)c1ccc(F)cc1. The largest absolute Gasteiger partial charge is 0.508 e. The van der Waals surface area contributed by atoms with Crippen LogP contribution in [0.15, 0.2) is 42.5 Å². The van der Waals surface area contributed by atoms with Crippen molar-refractivity contribution in [2.75, 3.05) is 0 Å². The molecule has 0 bridgehead atoms. The summed E-state index contributed by atoms with van der Waals surface area (Å²) < 4.78 is 25.8. The highest BCUT2D eigenvalue weighted by atomic mass is 19.1. The second kappa shape index (κ2) is 6.01. The summed E-state index contributed by atoms with van der Waals surface area (Å²) in [4.78, 5) is 0. The topological polar surface area (TPSA) is 32.3 Å². The Labute approximate surface area is 117 Å². The van der Waals surface area contributed by atoms with Crippen LogP contribution in [0, 0.1) is 11.6 Å². The van der Waals surface area contributed by atoms with Crippen molar-refractivity contribution in [2.45, 2.75) is 25.9 Å². The Bertz CT molecular complexity index is 584. The van der Waals surface area contributed by atoms with Crippen LogP contribution in [0.25, 0.3) is 0 Å². The van der Waals surface area contributed by atoms with E-state index in [1.807, 2.05) is 13.8 Å². The van der Waals surface area contributed by atoms with E-state index in [2.05, 4.69) is 5.32 Å². The molecule has 2 rings (SSSR count). The van der Waals surface area contributed by atoms with Crippen molar-refractivity contribution < 1.29 is 13.9 Å². The number of halogens is 2. The van der Waals surface area contributed by atoms with Gasteiger partial charge in [-0.2, -0.15) is 0 Å². The molecule has 0 aliphatic carbocycles. The fourth-order valence-corrected chi connectivity index (χ4v) is 2.20. The molecule has 0 aliphatic heterocycles. The fourth-order valence-electron chi connectivity index (χ4n) is 2.20. The van der Waals surface area contributed by atoms with Crippen molar-refractivity contribution >= 4 is 0 Å². The average Bonchev–Trinajstić information content (AvgIpc) is 2.39. The summed E-state index contributed by atoms with van der Waals surface area (Å²) >= 11 is 0. The Morgan fingerprint density at radius 2 is 1.50 bits per heavy atom. The molecule has 0 radical (unpaired) electrons. The molecule has 0 aromatic heterocycles. The number of phenolic OH excluding ortho intramolecular Hbond substituents is 1. The average molecular weight is 277 g/mol. The van der Waals surface area contributed by atoms with Gasteiger partial charge in [0.2, 0.25) is 0 Å². The molecule has 0 saturated heterocycles. The van der Waals surface area contributed by atoms with Crippen molar-refractivity contribution in [2.24, 2.45) is 0 Å². The lowest BCUT2D eigenvalue weighted by atomic mass is 10.0. The highest BCUT2D eigenvalue weighted by Gasteiger charge is 2.14. The standard InChI is InChI=1S/C16H17F2NO/c1-10(12-3-5-13(17)6-4-12)19-11(2)15-8-7-14(18)9-16(15)20/h3-11,19-20H,1-2H3. The molecule has 2 atom stereocenters. The molecule has 0 fully saturated rings.